The fourth-order valence-electron chi connectivity index (χ4n) is 9.23. The third-order valence-corrected chi connectivity index (χ3v) is 14.5. The Kier molecular flexibility index (Phi) is 31.6. The number of aryl methyl sites for hydroxylation is 8. The molecule has 0 unspecified atom stereocenters. The molecule has 0 spiro atoms. The van der Waals surface area contributed by atoms with Crippen molar-refractivity contribution in [1.29, 1.82) is 10.5 Å². The largest absolute Gasteiger partial charge is 0.457 e. The van der Waals surface area contributed by atoms with Crippen LogP contribution >= 0.6 is 62.1 Å². The summed E-state index contributed by atoms with van der Waals surface area (Å²) in [6, 6.07) is 32.7. The summed E-state index contributed by atoms with van der Waals surface area (Å²) in [6.07, 6.45) is -0.578. The van der Waals surface area contributed by atoms with Gasteiger partial charge in [0.25, 0.3) is 0 Å². The van der Waals surface area contributed by atoms with Crippen molar-refractivity contribution in [3.8, 4) is 12.1 Å². The zero-order chi connectivity index (χ0) is 74.1. The van der Waals surface area contributed by atoms with Crippen LogP contribution in [-0.2, 0) is 18.8 Å². The second-order valence-corrected chi connectivity index (χ2v) is 29.6. The molecular formula is C65H78Cl5N22O7P. The number of H-pyrrole nitrogens is 1. The van der Waals surface area contributed by atoms with Gasteiger partial charge < -0.3 is 40.2 Å². The molecule has 0 atom stereocenters. The van der Waals surface area contributed by atoms with Gasteiger partial charge in [0.05, 0.1) is 47.6 Å². The number of aromatic amines is 1. The first-order valence-corrected chi connectivity index (χ1v) is 35.6. The van der Waals surface area contributed by atoms with Crippen LogP contribution in [0.25, 0.3) is 49.7 Å². The van der Waals surface area contributed by atoms with Gasteiger partial charge in [-0.1, -0.05) is 47.0 Å². The van der Waals surface area contributed by atoms with Gasteiger partial charge >= 0.3 is 22.4 Å². The van der Waals surface area contributed by atoms with Crippen LogP contribution in [-0.4, -0.2) is 167 Å². The number of halogens is 5. The zero-order valence-electron chi connectivity index (χ0n) is 57.3. The maximum atomic E-state index is 11.7. The predicted molar refractivity (Wildman–Crippen MR) is 395 cm³/mol. The van der Waals surface area contributed by atoms with E-state index in [0.29, 0.717) is 45.1 Å². The maximum Gasteiger partial charge on any atom is 0.411 e. The van der Waals surface area contributed by atoms with E-state index in [0.717, 1.165) is 112 Å². The number of rotatable bonds is 2. The van der Waals surface area contributed by atoms with Crippen molar-refractivity contribution in [1.82, 2.24) is 79.3 Å². The highest BCUT2D eigenvalue weighted by molar-refractivity contribution is 8.24. The lowest BCUT2D eigenvalue weighted by molar-refractivity contribution is -0.119. The Morgan fingerprint density at radius 1 is 0.600 bits per heavy atom. The Morgan fingerprint density at radius 3 is 1.49 bits per heavy atom. The van der Waals surface area contributed by atoms with Gasteiger partial charge in [0.15, 0.2) is 16.9 Å². The van der Waals surface area contributed by atoms with Crippen molar-refractivity contribution in [2.24, 2.45) is 5.84 Å². The molecule has 0 saturated carbocycles. The number of anilines is 3. The van der Waals surface area contributed by atoms with Gasteiger partial charge in [-0.25, -0.2) is 45.1 Å². The van der Waals surface area contributed by atoms with E-state index < -0.39 is 16.7 Å². The quantitative estimate of drug-likeness (QED) is 0.0178. The first kappa shape index (κ1) is 81.3. The van der Waals surface area contributed by atoms with Gasteiger partial charge in [-0.2, -0.15) is 24.1 Å². The van der Waals surface area contributed by atoms with E-state index in [1.165, 1.54) is 49.9 Å². The number of nitrogens with one attached hydrogen (secondary N) is 4. The summed E-state index contributed by atoms with van der Waals surface area (Å²) in [4.78, 5) is 73.7. The molecule has 2 amide bonds. The molecule has 13 rings (SSSR count). The van der Waals surface area contributed by atoms with E-state index in [4.69, 9.17) is 32.8 Å². The highest BCUT2D eigenvalue weighted by Crippen LogP contribution is 2.61. The number of nitrogens with two attached hydrogens (primary N) is 2. The average Bonchev–Trinajstić information content (AvgIpc) is 1.55. The highest BCUT2D eigenvalue weighted by atomic mass is 36.0. The lowest BCUT2D eigenvalue weighted by atomic mass is 10.1. The van der Waals surface area contributed by atoms with Gasteiger partial charge in [-0.15, -0.1) is 15.3 Å². The number of hydrazine groups is 1. The van der Waals surface area contributed by atoms with E-state index in [9.17, 15) is 23.7 Å². The number of aromatic nitrogens is 12. The molecule has 5 aromatic carbocycles. The number of benzene rings is 5. The van der Waals surface area contributed by atoms with Crippen molar-refractivity contribution in [2.45, 2.75) is 62.3 Å². The topological polar surface area (TPSA) is 381 Å². The van der Waals surface area contributed by atoms with Gasteiger partial charge in [-0.3, -0.25) is 20.1 Å². The second kappa shape index (κ2) is 38.9. The molecule has 530 valence electrons. The fourth-order valence-corrected chi connectivity index (χ4v) is 9.44. The van der Waals surface area contributed by atoms with Gasteiger partial charge in [0, 0.05) is 92.7 Å². The van der Waals surface area contributed by atoms with Crippen LogP contribution in [0.2, 0.25) is 5.28 Å². The van der Waals surface area contributed by atoms with Crippen molar-refractivity contribution in [3.63, 3.8) is 0 Å². The molecule has 6 aromatic heterocycles. The number of carbonyl (C=O) groups is 3. The van der Waals surface area contributed by atoms with Crippen LogP contribution in [0.1, 0.15) is 63.3 Å². The number of likely N-dealkylation sites (N-methyl/N-ethyl adjacent to an activating group) is 2. The third kappa shape index (κ3) is 25.4. The van der Waals surface area contributed by atoms with Crippen molar-refractivity contribution in [2.75, 3.05) is 96.6 Å². The monoisotopic (exact) mass is 1480 g/mol. The molecule has 2 aliphatic heterocycles. The summed E-state index contributed by atoms with van der Waals surface area (Å²) in [6.45, 7) is 25.6. The van der Waals surface area contributed by atoms with E-state index >= 15 is 0 Å². The van der Waals surface area contributed by atoms with Crippen LogP contribution in [0.15, 0.2) is 95.8 Å². The first-order chi connectivity index (χ1) is 47.2. The van der Waals surface area contributed by atoms with Crippen LogP contribution in [0.5, 0.6) is 0 Å². The van der Waals surface area contributed by atoms with Crippen LogP contribution < -0.4 is 38.2 Å². The SMILES string of the molecule is CC(=O)NN.CN1CCNCC1.COC(=O)Cl.COC(=O)Nc1ccc(C)cc1C#N.Cc1ccc(N)c(C#N)c1.Cc1ccc2[nH]c(=O)n3nc(C)nc3c2c1.Cc1ccc2nc(Cl)n3nc(C)nc3c2c1.Cc1ccc2nc(N3CCN(C)CC3)n3nc(C)nc3c2c1.O=P(Cl)(Cl)Cl. The third-order valence-electron chi connectivity index (χ3n) is 14.1. The minimum Gasteiger partial charge on any atom is -0.457 e. The lowest BCUT2D eigenvalue weighted by Crippen LogP contribution is -2.45. The number of piperazine rings is 2. The highest BCUT2D eigenvalue weighted by Gasteiger charge is 2.21. The van der Waals surface area contributed by atoms with Crippen LogP contribution in [0.4, 0.5) is 26.9 Å². The Balaban J connectivity index is 0.000000212. The van der Waals surface area contributed by atoms with Crippen LogP contribution in [0, 0.1) is 78.1 Å². The van der Waals surface area contributed by atoms with Crippen LogP contribution in [0.3, 0.4) is 0 Å². The number of methoxy groups -OCH3 is 2. The lowest BCUT2D eigenvalue weighted by Gasteiger charge is -2.33. The normalized spacial score (nSPS) is 12.5. The number of nitriles is 2. The van der Waals surface area contributed by atoms with E-state index in [1.54, 1.807) is 35.7 Å². The standard InChI is InChI=1S/C16H20N6.C11H9ClN4.C11H10N4O.C10H10N2O2.C8H8N2.C5H12N2.C2H3ClO2.C2H6N2O.Cl3OP/c1-11-4-5-14-13(10-11)15-17-12(2)19-22(15)16(18-14)21-8-6-20(3)7-9-21;1-6-3-4-9-8(5-6)10-13-7(2)15-16(10)11(12)14-9;1-6-3-4-9-8(5-6)10-12-7(2)14-15(10)11(16)13-9;1-7-3-4-9(8(5-7)6-11)12-10(13)14-2;1-6-2-3-8(10)7(4-6)5-9;1-7-4-2-6-3-5-7;1-5-2(3)4;1-2(5)4-3;1-5(2,3)4/h4-5,10H,6-9H2,1-3H3;3-5H,1-2H3;3-5H,1-2H3,(H,13,16);3-5H,1-2H3,(H,12,13);2-4H,10H2,1H3;6H,2-5H2,1H3;1H3;3H2,1H3,(H,4,5);. The summed E-state index contributed by atoms with van der Waals surface area (Å²) >= 11 is 24.5. The van der Waals surface area contributed by atoms with Gasteiger partial charge in [0.1, 0.15) is 29.6 Å². The molecule has 35 heteroatoms. The first-order valence-electron chi connectivity index (χ1n) is 30.4. The number of nitrogens with zero attached hydrogens (tertiary/aromatic N) is 16. The number of hydrogen-bond acceptors (Lipinski definition) is 23. The summed E-state index contributed by atoms with van der Waals surface area (Å²) in [5.74, 6) is 7.33. The molecule has 0 bridgehead atoms. The zero-order valence-corrected chi connectivity index (χ0v) is 62.0. The molecular weight excluding hydrogens is 1410 g/mol. The number of nitrogen functional groups attached to an aromatic ring is 1. The fraction of sp³-hybridized carbons (Fsp3) is 0.323. The number of carbonyl (C=O) groups excluding carboxylic acids is 3. The summed E-state index contributed by atoms with van der Waals surface area (Å²) < 4.78 is 22.6. The molecule has 8 N–H and O–H groups in total. The van der Waals surface area contributed by atoms with Gasteiger partial charge in [-0.05, 0) is 187 Å². The maximum absolute atomic E-state index is 11.7. The summed E-state index contributed by atoms with van der Waals surface area (Å²) in [7, 11) is 6.80. The summed E-state index contributed by atoms with van der Waals surface area (Å²) in [5, 5.41) is 35.9. The van der Waals surface area contributed by atoms with E-state index in [1.807, 2.05) is 112 Å². The minimum absolute atomic E-state index is 0.218. The molecule has 100 heavy (non-hydrogen) atoms. The molecule has 2 saturated heterocycles. The molecule has 8 heterocycles. The Morgan fingerprint density at radius 2 is 1.02 bits per heavy atom. The molecule has 11 aromatic rings. The smallest absolute Gasteiger partial charge is 0.411 e. The molecule has 2 fully saturated rings. The van der Waals surface area contributed by atoms with E-state index in [2.05, 4.69) is 165 Å². The Bertz CT molecular complexity index is 4820. The Hall–Kier alpha value is -9.36. The average molecular weight is 1490 g/mol. The molecule has 0 aliphatic carbocycles. The predicted octanol–water partition coefficient (Wildman–Crippen LogP) is 11.2. The number of hydrogen-bond donors (Lipinski definition) is 6. The number of amides is 2. The molecule has 0 radical (unpaired) electrons. The van der Waals surface area contributed by atoms with Gasteiger partial charge in [0.2, 0.25) is 17.1 Å². The van der Waals surface area contributed by atoms with Crippen molar-refractivity contribution in [3.05, 3.63) is 163 Å². The van der Waals surface area contributed by atoms with E-state index in [-0.39, 0.29) is 11.6 Å². The van der Waals surface area contributed by atoms with Crippen molar-refractivity contribution < 1.29 is 28.4 Å². The molecule has 29 nitrogen and oxygen atoms in total. The number of ether oxygens (including phenoxy) is 2. The second-order valence-electron chi connectivity index (χ2n) is 22.4. The van der Waals surface area contributed by atoms with Crippen molar-refractivity contribution >= 4 is 147 Å². The summed E-state index contributed by atoms with van der Waals surface area (Å²) in [5.41, 5.74) is 18.8. The minimum atomic E-state index is -3.22. The molecule has 2 aliphatic rings. The Labute approximate surface area is 601 Å². The number of fused-ring (bicyclic) bond motifs is 9.